The molecular formula is C14H9FINO4. The number of benzene rings is 2. The molecule has 0 fully saturated rings. The van der Waals surface area contributed by atoms with Crippen LogP contribution in [0.1, 0.15) is 20.7 Å². The molecule has 7 heteroatoms. The summed E-state index contributed by atoms with van der Waals surface area (Å²) in [6.45, 7) is 0. The standard InChI is InChI=1S/C14H9FINO4/c15-11-6-8(18)2-3-9(11)13(19)17-12-4-1-7(16)5-10(12)14(20)21/h1-6,18H,(H,17,19)(H,20,21). The first kappa shape index (κ1) is 15.2. The monoisotopic (exact) mass is 401 g/mol. The molecule has 2 aromatic rings. The lowest BCUT2D eigenvalue weighted by Crippen LogP contribution is -2.16. The first-order valence-corrected chi connectivity index (χ1v) is 6.79. The van der Waals surface area contributed by atoms with E-state index < -0.39 is 17.7 Å². The number of rotatable bonds is 3. The van der Waals surface area contributed by atoms with Crippen LogP contribution in [0, 0.1) is 9.39 Å². The van der Waals surface area contributed by atoms with Crippen molar-refractivity contribution in [3.63, 3.8) is 0 Å². The number of phenols is 1. The molecule has 0 aromatic heterocycles. The van der Waals surface area contributed by atoms with Gasteiger partial charge in [-0.05, 0) is 52.9 Å². The maximum Gasteiger partial charge on any atom is 0.337 e. The van der Waals surface area contributed by atoms with Gasteiger partial charge in [-0.25, -0.2) is 9.18 Å². The summed E-state index contributed by atoms with van der Waals surface area (Å²) < 4.78 is 14.3. The third kappa shape index (κ3) is 3.48. The van der Waals surface area contributed by atoms with Crippen LogP contribution in [-0.4, -0.2) is 22.1 Å². The van der Waals surface area contributed by atoms with Crippen LogP contribution in [0.15, 0.2) is 36.4 Å². The molecule has 0 saturated carbocycles. The van der Waals surface area contributed by atoms with Crippen LogP contribution in [0.2, 0.25) is 0 Å². The fourth-order valence-corrected chi connectivity index (χ4v) is 2.17. The Morgan fingerprint density at radius 1 is 1.10 bits per heavy atom. The third-order valence-electron chi connectivity index (χ3n) is 2.66. The van der Waals surface area contributed by atoms with Gasteiger partial charge in [-0.2, -0.15) is 0 Å². The first-order chi connectivity index (χ1) is 9.88. The van der Waals surface area contributed by atoms with Gasteiger partial charge in [-0.15, -0.1) is 0 Å². The molecule has 0 aliphatic rings. The van der Waals surface area contributed by atoms with Gasteiger partial charge in [-0.1, -0.05) is 0 Å². The smallest absolute Gasteiger partial charge is 0.337 e. The summed E-state index contributed by atoms with van der Waals surface area (Å²) in [5.74, 6) is -3.19. The fraction of sp³-hybridized carbons (Fsp3) is 0. The molecule has 5 nitrogen and oxygen atoms in total. The normalized spacial score (nSPS) is 10.2. The largest absolute Gasteiger partial charge is 0.508 e. The molecule has 0 aliphatic carbocycles. The van der Waals surface area contributed by atoms with E-state index in [4.69, 9.17) is 10.2 Å². The van der Waals surface area contributed by atoms with Gasteiger partial charge in [0.05, 0.1) is 16.8 Å². The minimum Gasteiger partial charge on any atom is -0.508 e. The van der Waals surface area contributed by atoms with Crippen molar-refractivity contribution in [1.82, 2.24) is 0 Å². The number of anilines is 1. The Morgan fingerprint density at radius 2 is 1.81 bits per heavy atom. The first-order valence-electron chi connectivity index (χ1n) is 5.71. The summed E-state index contributed by atoms with van der Waals surface area (Å²) in [6.07, 6.45) is 0. The second-order valence-electron chi connectivity index (χ2n) is 4.11. The van der Waals surface area contributed by atoms with Crippen molar-refractivity contribution in [3.8, 4) is 5.75 Å². The van der Waals surface area contributed by atoms with Crippen molar-refractivity contribution in [2.75, 3.05) is 5.32 Å². The highest BCUT2D eigenvalue weighted by atomic mass is 127. The molecular weight excluding hydrogens is 392 g/mol. The number of carbonyl (C=O) groups is 2. The molecule has 0 spiro atoms. The number of carboxylic acids is 1. The van der Waals surface area contributed by atoms with E-state index in [1.54, 1.807) is 6.07 Å². The van der Waals surface area contributed by atoms with Crippen LogP contribution < -0.4 is 5.32 Å². The van der Waals surface area contributed by atoms with Gasteiger partial charge in [0.2, 0.25) is 0 Å². The molecule has 2 rings (SSSR count). The number of amides is 1. The highest BCUT2D eigenvalue weighted by molar-refractivity contribution is 14.1. The SMILES string of the molecule is O=C(Nc1ccc(I)cc1C(=O)O)c1ccc(O)cc1F. The van der Waals surface area contributed by atoms with Gasteiger partial charge < -0.3 is 15.5 Å². The number of hydrogen-bond donors (Lipinski definition) is 3. The van der Waals surface area contributed by atoms with Gasteiger partial charge in [0.25, 0.3) is 5.91 Å². The number of halogens is 2. The summed E-state index contributed by atoms with van der Waals surface area (Å²) in [7, 11) is 0. The van der Waals surface area contributed by atoms with E-state index in [9.17, 15) is 14.0 Å². The maximum absolute atomic E-state index is 13.6. The lowest BCUT2D eigenvalue weighted by atomic mass is 10.1. The summed E-state index contributed by atoms with van der Waals surface area (Å²) in [5.41, 5.74) is -0.308. The highest BCUT2D eigenvalue weighted by Gasteiger charge is 2.16. The molecule has 0 saturated heterocycles. The number of hydrogen-bond acceptors (Lipinski definition) is 3. The van der Waals surface area contributed by atoms with Gasteiger partial charge in [0.1, 0.15) is 11.6 Å². The molecule has 2 aromatic carbocycles. The summed E-state index contributed by atoms with van der Waals surface area (Å²) >= 11 is 1.95. The Hall–Kier alpha value is -2.16. The molecule has 1 amide bonds. The molecule has 21 heavy (non-hydrogen) atoms. The topological polar surface area (TPSA) is 86.6 Å². The van der Waals surface area contributed by atoms with E-state index in [0.29, 0.717) is 3.57 Å². The highest BCUT2D eigenvalue weighted by Crippen LogP contribution is 2.21. The molecule has 0 radical (unpaired) electrons. The van der Waals surface area contributed by atoms with Crippen LogP contribution in [0.3, 0.4) is 0 Å². The summed E-state index contributed by atoms with van der Waals surface area (Å²) in [5, 5.41) is 20.6. The van der Waals surface area contributed by atoms with Gasteiger partial charge in [0, 0.05) is 9.64 Å². The Kier molecular flexibility index (Phi) is 4.41. The average Bonchev–Trinajstić information content (AvgIpc) is 2.40. The van der Waals surface area contributed by atoms with Gasteiger partial charge in [-0.3, -0.25) is 4.79 Å². The summed E-state index contributed by atoms with van der Waals surface area (Å²) in [6, 6.07) is 7.54. The quantitative estimate of drug-likeness (QED) is 0.691. The molecule has 0 bridgehead atoms. The molecule has 0 aliphatic heterocycles. The Labute approximate surface area is 132 Å². The van der Waals surface area contributed by atoms with Crippen molar-refractivity contribution >= 4 is 40.2 Å². The lowest BCUT2D eigenvalue weighted by Gasteiger charge is -2.09. The fourth-order valence-electron chi connectivity index (χ4n) is 1.68. The van der Waals surface area contributed by atoms with E-state index in [0.717, 1.165) is 12.1 Å². The van der Waals surface area contributed by atoms with Gasteiger partial charge >= 0.3 is 5.97 Å². The number of nitrogens with one attached hydrogen (secondary N) is 1. The van der Waals surface area contributed by atoms with Gasteiger partial charge in [0.15, 0.2) is 0 Å². The second kappa shape index (κ2) is 6.08. The summed E-state index contributed by atoms with van der Waals surface area (Å²) in [4.78, 5) is 23.1. The van der Waals surface area contributed by atoms with Crippen molar-refractivity contribution in [2.45, 2.75) is 0 Å². The van der Waals surface area contributed by atoms with E-state index in [1.807, 2.05) is 22.6 Å². The third-order valence-corrected chi connectivity index (χ3v) is 3.33. The average molecular weight is 401 g/mol. The zero-order chi connectivity index (χ0) is 15.6. The van der Waals surface area contributed by atoms with Crippen molar-refractivity contribution < 1.29 is 24.2 Å². The number of aromatic carboxylic acids is 1. The van der Waals surface area contributed by atoms with Crippen molar-refractivity contribution in [1.29, 1.82) is 0 Å². The number of carboxylic acid groups (broad SMARTS) is 1. The lowest BCUT2D eigenvalue weighted by molar-refractivity contribution is 0.0698. The number of carbonyl (C=O) groups excluding carboxylic acids is 1. The molecule has 0 heterocycles. The zero-order valence-corrected chi connectivity index (χ0v) is 12.6. The Bertz CT molecular complexity index is 733. The van der Waals surface area contributed by atoms with Crippen LogP contribution in [0.4, 0.5) is 10.1 Å². The zero-order valence-electron chi connectivity index (χ0n) is 10.4. The number of phenolic OH excluding ortho intramolecular Hbond substituents is 1. The van der Waals surface area contributed by atoms with Crippen molar-refractivity contribution in [3.05, 3.63) is 56.9 Å². The molecule has 0 unspecified atom stereocenters. The predicted octanol–water partition coefficient (Wildman–Crippen LogP) is 3.09. The van der Waals surface area contributed by atoms with Crippen LogP contribution in [-0.2, 0) is 0 Å². The van der Waals surface area contributed by atoms with E-state index in [1.165, 1.54) is 18.2 Å². The van der Waals surface area contributed by atoms with E-state index in [2.05, 4.69) is 5.32 Å². The Balaban J connectivity index is 2.34. The molecule has 0 atom stereocenters. The number of aromatic hydroxyl groups is 1. The Morgan fingerprint density at radius 3 is 2.43 bits per heavy atom. The molecule has 108 valence electrons. The second-order valence-corrected chi connectivity index (χ2v) is 5.36. The minimum atomic E-state index is -1.20. The van der Waals surface area contributed by atoms with E-state index in [-0.39, 0.29) is 22.6 Å². The van der Waals surface area contributed by atoms with Crippen LogP contribution in [0.5, 0.6) is 5.75 Å². The minimum absolute atomic E-state index is 0.0698. The van der Waals surface area contributed by atoms with E-state index >= 15 is 0 Å². The van der Waals surface area contributed by atoms with Crippen molar-refractivity contribution in [2.24, 2.45) is 0 Å². The molecule has 3 N–H and O–H groups in total. The van der Waals surface area contributed by atoms with Crippen LogP contribution in [0.25, 0.3) is 0 Å². The predicted molar refractivity (Wildman–Crippen MR) is 82.1 cm³/mol. The maximum atomic E-state index is 13.6. The van der Waals surface area contributed by atoms with Crippen LogP contribution >= 0.6 is 22.6 Å².